The van der Waals surface area contributed by atoms with Gasteiger partial charge in [0.2, 0.25) is 23.6 Å². The minimum atomic E-state index is -1.58. The van der Waals surface area contributed by atoms with Gasteiger partial charge < -0.3 is 42.7 Å². The van der Waals surface area contributed by atoms with Crippen LogP contribution in [0.1, 0.15) is 27.2 Å². The summed E-state index contributed by atoms with van der Waals surface area (Å²) in [6.07, 6.45) is -3.33. The molecule has 0 bridgehead atoms. The lowest BCUT2D eigenvalue weighted by molar-refractivity contribution is -0.142. The first-order chi connectivity index (χ1) is 12.8. The maximum absolute atomic E-state index is 12.4. The summed E-state index contributed by atoms with van der Waals surface area (Å²) >= 11 is 0. The molecule has 0 heterocycles. The minimum Gasteiger partial charge on any atom is -0.480 e. The predicted molar refractivity (Wildman–Crippen MR) is 94.3 cm³/mol. The number of aliphatic hydroxyl groups excluding tert-OH is 2. The van der Waals surface area contributed by atoms with E-state index in [0.717, 1.165) is 0 Å². The van der Waals surface area contributed by atoms with Crippen molar-refractivity contribution in [2.45, 2.75) is 63.6 Å². The highest BCUT2D eigenvalue weighted by Gasteiger charge is 2.33. The van der Waals surface area contributed by atoms with Crippen molar-refractivity contribution in [3.8, 4) is 0 Å². The first-order valence-electron chi connectivity index (χ1n) is 8.31. The third-order valence-corrected chi connectivity index (χ3v) is 3.65. The molecule has 160 valence electrons. The van der Waals surface area contributed by atoms with Gasteiger partial charge in [0.1, 0.15) is 24.2 Å². The third-order valence-electron chi connectivity index (χ3n) is 3.65. The summed E-state index contributed by atoms with van der Waals surface area (Å²) in [4.78, 5) is 58.5. The third kappa shape index (κ3) is 8.28. The maximum atomic E-state index is 12.4. The van der Waals surface area contributed by atoms with Gasteiger partial charge in [-0.25, -0.2) is 0 Å². The normalized spacial score (nSPS) is 17.2. The molecule has 0 aromatic heterocycles. The second-order valence-electron chi connectivity index (χ2n) is 6.29. The van der Waals surface area contributed by atoms with Gasteiger partial charge in [0, 0.05) is 0 Å². The molecule has 0 saturated heterocycles. The average Bonchev–Trinajstić information content (AvgIpc) is 2.56. The van der Waals surface area contributed by atoms with Gasteiger partial charge in [0.15, 0.2) is 0 Å². The SMILES string of the molecule is CC(NC(=O)C(NC(=O)C(CC(N)=O)NC(=O)C(N)C(C)O)C(C)O)C(=O)O. The second kappa shape index (κ2) is 11.2. The zero-order valence-electron chi connectivity index (χ0n) is 15.7. The molecule has 6 atom stereocenters. The molecule has 6 unspecified atom stereocenters. The number of aliphatic hydroxyl groups is 2. The van der Waals surface area contributed by atoms with Gasteiger partial charge in [-0.1, -0.05) is 0 Å². The largest absolute Gasteiger partial charge is 0.480 e. The highest BCUT2D eigenvalue weighted by molar-refractivity contribution is 5.96. The average molecular weight is 405 g/mol. The van der Waals surface area contributed by atoms with Crippen LogP contribution in [0.5, 0.6) is 0 Å². The molecule has 4 amide bonds. The van der Waals surface area contributed by atoms with Crippen molar-refractivity contribution in [3.05, 3.63) is 0 Å². The molecular formula is C15H27N5O8. The van der Waals surface area contributed by atoms with Crippen molar-refractivity contribution in [1.29, 1.82) is 0 Å². The van der Waals surface area contributed by atoms with E-state index in [1.165, 1.54) is 20.8 Å². The first-order valence-corrected chi connectivity index (χ1v) is 8.31. The number of carbonyl (C=O) groups is 5. The molecule has 0 aliphatic heterocycles. The Kier molecular flexibility index (Phi) is 10.1. The van der Waals surface area contributed by atoms with E-state index in [-0.39, 0.29) is 0 Å². The minimum absolute atomic E-state index is 0.649. The number of aliphatic carboxylic acids is 1. The molecule has 0 aromatic carbocycles. The summed E-state index contributed by atoms with van der Waals surface area (Å²) in [6.45, 7) is 3.58. The quantitative estimate of drug-likeness (QED) is 0.165. The summed E-state index contributed by atoms with van der Waals surface area (Å²) in [7, 11) is 0. The Hall–Kier alpha value is -2.77. The van der Waals surface area contributed by atoms with Crippen molar-refractivity contribution in [2.24, 2.45) is 11.5 Å². The Labute approximate surface area is 160 Å². The van der Waals surface area contributed by atoms with Crippen molar-refractivity contribution < 1.29 is 39.3 Å². The Morgan fingerprint density at radius 2 is 1.39 bits per heavy atom. The molecule has 13 heteroatoms. The lowest BCUT2D eigenvalue weighted by Crippen LogP contribution is -2.60. The molecule has 0 rings (SSSR count). The van der Waals surface area contributed by atoms with E-state index in [0.29, 0.717) is 0 Å². The molecular weight excluding hydrogens is 378 g/mol. The fourth-order valence-electron chi connectivity index (χ4n) is 1.92. The highest BCUT2D eigenvalue weighted by atomic mass is 16.4. The lowest BCUT2D eigenvalue weighted by Gasteiger charge is -2.25. The standard InChI is InChI=1S/C15H27N5O8/c1-5(15(27)28)18-14(26)11(7(3)22)20-12(24)8(4-9(16)23)19-13(25)10(17)6(2)21/h5-8,10-11,21-22H,4,17H2,1-3H3,(H2,16,23)(H,18,26)(H,19,25)(H,20,24)(H,27,28). The molecule has 0 fully saturated rings. The van der Waals surface area contributed by atoms with Crippen molar-refractivity contribution in [2.75, 3.05) is 0 Å². The van der Waals surface area contributed by atoms with E-state index in [1.54, 1.807) is 0 Å². The van der Waals surface area contributed by atoms with Crippen LogP contribution in [-0.4, -0.2) is 81.3 Å². The number of nitrogens with one attached hydrogen (secondary N) is 3. The lowest BCUT2D eigenvalue weighted by atomic mass is 10.1. The Bertz CT molecular complexity index is 609. The summed E-state index contributed by atoms with van der Waals surface area (Å²) in [6, 6.07) is -5.81. The predicted octanol–water partition coefficient (Wildman–Crippen LogP) is -4.49. The van der Waals surface area contributed by atoms with Crippen LogP contribution in [0, 0.1) is 0 Å². The van der Waals surface area contributed by atoms with E-state index < -0.39 is 72.4 Å². The van der Waals surface area contributed by atoms with Crippen LogP contribution >= 0.6 is 0 Å². The van der Waals surface area contributed by atoms with Gasteiger partial charge in [-0.15, -0.1) is 0 Å². The number of primary amides is 1. The number of carboxylic acids is 1. The molecule has 0 aromatic rings. The number of nitrogens with two attached hydrogens (primary N) is 2. The number of rotatable bonds is 11. The van der Waals surface area contributed by atoms with Crippen LogP contribution in [-0.2, 0) is 24.0 Å². The smallest absolute Gasteiger partial charge is 0.325 e. The Morgan fingerprint density at radius 1 is 0.857 bits per heavy atom. The van der Waals surface area contributed by atoms with E-state index in [9.17, 15) is 34.2 Å². The van der Waals surface area contributed by atoms with Crippen LogP contribution < -0.4 is 27.4 Å². The van der Waals surface area contributed by atoms with E-state index in [2.05, 4.69) is 16.0 Å². The number of carbonyl (C=O) groups excluding carboxylic acids is 4. The zero-order chi connectivity index (χ0) is 22.2. The summed E-state index contributed by atoms with van der Waals surface area (Å²) in [5, 5.41) is 34.2. The molecule has 0 saturated carbocycles. The van der Waals surface area contributed by atoms with E-state index in [1.807, 2.05) is 0 Å². The van der Waals surface area contributed by atoms with Crippen LogP contribution in [0.15, 0.2) is 0 Å². The van der Waals surface area contributed by atoms with Gasteiger partial charge >= 0.3 is 5.97 Å². The second-order valence-corrected chi connectivity index (χ2v) is 6.29. The topological polar surface area (TPSA) is 234 Å². The molecule has 0 aliphatic carbocycles. The van der Waals surface area contributed by atoms with Crippen molar-refractivity contribution in [1.82, 2.24) is 16.0 Å². The summed E-state index contributed by atoms with van der Waals surface area (Å²) in [5.41, 5.74) is 10.5. The van der Waals surface area contributed by atoms with E-state index >= 15 is 0 Å². The highest BCUT2D eigenvalue weighted by Crippen LogP contribution is 2.00. The number of hydrogen-bond donors (Lipinski definition) is 8. The summed E-state index contributed by atoms with van der Waals surface area (Å²) in [5.74, 6) is -5.29. The molecule has 28 heavy (non-hydrogen) atoms. The first kappa shape index (κ1) is 25.2. The van der Waals surface area contributed by atoms with Crippen LogP contribution in [0.4, 0.5) is 0 Å². The monoisotopic (exact) mass is 405 g/mol. The molecule has 0 radical (unpaired) electrons. The van der Waals surface area contributed by atoms with Crippen LogP contribution in [0.3, 0.4) is 0 Å². The fraction of sp³-hybridized carbons (Fsp3) is 0.667. The van der Waals surface area contributed by atoms with Gasteiger partial charge in [0.25, 0.3) is 0 Å². The number of carboxylic acid groups (broad SMARTS) is 1. The Morgan fingerprint density at radius 3 is 1.79 bits per heavy atom. The molecule has 10 N–H and O–H groups in total. The van der Waals surface area contributed by atoms with Crippen LogP contribution in [0.2, 0.25) is 0 Å². The number of hydrogen-bond acceptors (Lipinski definition) is 8. The maximum Gasteiger partial charge on any atom is 0.325 e. The van der Waals surface area contributed by atoms with Crippen molar-refractivity contribution >= 4 is 29.6 Å². The van der Waals surface area contributed by atoms with Crippen LogP contribution in [0.25, 0.3) is 0 Å². The van der Waals surface area contributed by atoms with Gasteiger partial charge in [-0.05, 0) is 20.8 Å². The summed E-state index contributed by atoms with van der Waals surface area (Å²) < 4.78 is 0. The van der Waals surface area contributed by atoms with Gasteiger partial charge in [0.05, 0.1) is 18.6 Å². The van der Waals surface area contributed by atoms with Gasteiger partial charge in [-0.3, -0.25) is 24.0 Å². The molecule has 13 nitrogen and oxygen atoms in total. The van der Waals surface area contributed by atoms with Crippen molar-refractivity contribution in [3.63, 3.8) is 0 Å². The molecule has 0 aliphatic rings. The van der Waals surface area contributed by atoms with E-state index in [4.69, 9.17) is 16.6 Å². The molecule has 0 spiro atoms. The fourth-order valence-corrected chi connectivity index (χ4v) is 1.92. The zero-order valence-corrected chi connectivity index (χ0v) is 15.7. The Balaban J connectivity index is 5.32. The van der Waals surface area contributed by atoms with Gasteiger partial charge in [-0.2, -0.15) is 0 Å². The number of amides is 4.